The molecule has 190 valence electrons. The Hall–Kier alpha value is -3.85. The highest BCUT2D eigenvalue weighted by Gasteiger charge is 2.33. The van der Waals surface area contributed by atoms with E-state index in [0.717, 1.165) is 41.7 Å². The fourth-order valence-electron chi connectivity index (χ4n) is 2.88. The molecule has 0 saturated carbocycles. The van der Waals surface area contributed by atoms with Crippen molar-refractivity contribution < 1.29 is 40.7 Å². The summed E-state index contributed by atoms with van der Waals surface area (Å²) < 4.78 is 80.1. The van der Waals surface area contributed by atoms with Gasteiger partial charge in [0.25, 0.3) is 11.8 Å². The van der Waals surface area contributed by atoms with Gasteiger partial charge in [-0.25, -0.2) is 9.97 Å². The first-order valence-corrected chi connectivity index (χ1v) is 10.3. The molecule has 16 heteroatoms. The van der Waals surface area contributed by atoms with Gasteiger partial charge in [-0.3, -0.25) is 20.2 Å². The van der Waals surface area contributed by atoms with Crippen molar-refractivity contribution in [3.63, 3.8) is 0 Å². The Kier molecular flexibility index (Phi) is 7.45. The molecular weight excluding hydrogens is 540 g/mol. The minimum atomic E-state index is -5.01. The molecule has 2 heterocycles. The van der Waals surface area contributed by atoms with Gasteiger partial charge < -0.3 is 9.72 Å². The molecule has 8 nitrogen and oxygen atoms in total. The third-order valence-electron chi connectivity index (χ3n) is 4.36. The molecule has 4 aromatic rings. The number of aromatic amines is 1. The lowest BCUT2D eigenvalue weighted by molar-refractivity contribution is -0.274. The van der Waals surface area contributed by atoms with Crippen LogP contribution in [0, 0.1) is 0 Å². The number of nitrogens with zero attached hydrogens (tertiary/aromatic N) is 2. The summed E-state index contributed by atoms with van der Waals surface area (Å²) >= 11 is 0.818. The Morgan fingerprint density at radius 1 is 0.944 bits per heavy atom. The molecule has 4 rings (SSSR count). The maximum atomic E-state index is 12.9. The predicted octanol–water partition coefficient (Wildman–Crippen LogP) is 5.86. The second-order valence-corrected chi connectivity index (χ2v) is 7.66. The third-order valence-corrected chi connectivity index (χ3v) is 5.11. The second kappa shape index (κ2) is 10.0. The highest BCUT2D eigenvalue weighted by Crippen LogP contribution is 2.31. The van der Waals surface area contributed by atoms with Crippen LogP contribution in [0.4, 0.5) is 37.4 Å². The van der Waals surface area contributed by atoms with Gasteiger partial charge in [0.2, 0.25) is 5.95 Å². The molecule has 0 spiro atoms. The zero-order valence-corrected chi connectivity index (χ0v) is 19.0. The van der Waals surface area contributed by atoms with E-state index in [1.807, 2.05) is 0 Å². The third kappa shape index (κ3) is 6.23. The van der Waals surface area contributed by atoms with E-state index in [0.29, 0.717) is 0 Å². The van der Waals surface area contributed by atoms with Crippen molar-refractivity contribution in [3.05, 3.63) is 64.7 Å². The van der Waals surface area contributed by atoms with Crippen molar-refractivity contribution in [2.45, 2.75) is 12.5 Å². The number of hydrogen-bond donors (Lipinski definition) is 3. The summed E-state index contributed by atoms with van der Waals surface area (Å²) in [4.78, 5) is 35.3. The van der Waals surface area contributed by atoms with E-state index in [9.17, 15) is 35.9 Å². The number of nitrogens with one attached hydrogen (secondary N) is 3. The van der Waals surface area contributed by atoms with Crippen LogP contribution in [0.1, 0.15) is 26.4 Å². The molecule has 0 aliphatic carbocycles. The van der Waals surface area contributed by atoms with E-state index < -0.39 is 41.2 Å². The smallest absolute Gasteiger partial charge is 0.405 e. The van der Waals surface area contributed by atoms with Gasteiger partial charge in [-0.2, -0.15) is 13.2 Å². The molecule has 0 aliphatic heterocycles. The van der Waals surface area contributed by atoms with Gasteiger partial charge in [0.05, 0.1) is 22.2 Å². The number of H-pyrrole nitrogens is 1. The Morgan fingerprint density at radius 3 is 2.36 bits per heavy atom. The van der Waals surface area contributed by atoms with Crippen LogP contribution in [-0.4, -0.2) is 33.1 Å². The molecular formula is C20H12ClF6N5O3S. The lowest BCUT2D eigenvalue weighted by Crippen LogP contribution is -2.21. The van der Waals surface area contributed by atoms with Crippen LogP contribution in [0.15, 0.2) is 47.8 Å². The van der Waals surface area contributed by atoms with Gasteiger partial charge in [-0.15, -0.1) is 36.9 Å². The number of hydrogen-bond acceptors (Lipinski definition) is 6. The van der Waals surface area contributed by atoms with E-state index in [-0.39, 0.29) is 40.2 Å². The highest BCUT2D eigenvalue weighted by atomic mass is 35.5. The first-order chi connectivity index (χ1) is 16.4. The largest absolute Gasteiger partial charge is 0.573 e. The van der Waals surface area contributed by atoms with E-state index in [4.69, 9.17) is 0 Å². The summed E-state index contributed by atoms with van der Waals surface area (Å²) in [5.74, 6) is -2.60. The van der Waals surface area contributed by atoms with Crippen LogP contribution in [-0.2, 0) is 6.18 Å². The normalized spacial score (nSPS) is 11.6. The van der Waals surface area contributed by atoms with Crippen molar-refractivity contribution in [1.29, 1.82) is 0 Å². The van der Waals surface area contributed by atoms with Gasteiger partial charge in [-0.05, 0) is 30.3 Å². The molecule has 2 aromatic heterocycles. The fraction of sp³-hybridized carbons (Fsp3) is 0.100. The Balaban J connectivity index is 0.00000361. The molecule has 0 bridgehead atoms. The van der Waals surface area contributed by atoms with Crippen molar-refractivity contribution >= 4 is 57.7 Å². The maximum absolute atomic E-state index is 12.9. The Labute approximate surface area is 207 Å². The first-order valence-electron chi connectivity index (χ1n) is 9.39. The summed E-state index contributed by atoms with van der Waals surface area (Å²) in [5, 5.41) is 5.78. The molecule has 2 aromatic carbocycles. The van der Waals surface area contributed by atoms with Crippen LogP contribution in [0.2, 0.25) is 0 Å². The van der Waals surface area contributed by atoms with Crippen LogP contribution in [0.3, 0.4) is 0 Å². The number of para-hydroxylation sites is 1. The lowest BCUT2D eigenvalue weighted by Gasteiger charge is -2.12. The molecule has 36 heavy (non-hydrogen) atoms. The molecule has 0 aliphatic rings. The molecule has 2 amide bonds. The summed E-state index contributed by atoms with van der Waals surface area (Å²) in [5.41, 5.74) is -1.26. The van der Waals surface area contributed by atoms with Crippen molar-refractivity contribution in [2.75, 3.05) is 10.6 Å². The molecule has 0 atom stereocenters. The van der Waals surface area contributed by atoms with E-state index in [1.54, 1.807) is 0 Å². The topological polar surface area (TPSA) is 109 Å². The van der Waals surface area contributed by atoms with Gasteiger partial charge in [0, 0.05) is 5.38 Å². The number of thiazole rings is 1. The van der Waals surface area contributed by atoms with Crippen molar-refractivity contribution in [1.82, 2.24) is 15.0 Å². The van der Waals surface area contributed by atoms with Gasteiger partial charge in [0.15, 0.2) is 5.13 Å². The summed E-state index contributed by atoms with van der Waals surface area (Å²) in [6.45, 7) is 0. The maximum Gasteiger partial charge on any atom is 0.573 e. The number of ether oxygens (including phenoxy) is 1. The van der Waals surface area contributed by atoms with Crippen molar-refractivity contribution in [2.24, 2.45) is 0 Å². The number of amides is 2. The predicted molar refractivity (Wildman–Crippen MR) is 119 cm³/mol. The fourth-order valence-corrected chi connectivity index (χ4v) is 3.57. The average molecular weight is 552 g/mol. The van der Waals surface area contributed by atoms with E-state index >= 15 is 0 Å². The minimum absolute atomic E-state index is 0. The zero-order valence-electron chi connectivity index (χ0n) is 17.3. The van der Waals surface area contributed by atoms with E-state index in [2.05, 4.69) is 30.3 Å². The van der Waals surface area contributed by atoms with Crippen LogP contribution in [0.25, 0.3) is 11.0 Å². The highest BCUT2D eigenvalue weighted by molar-refractivity contribution is 7.14. The number of imidazole rings is 1. The number of halogens is 7. The number of fused-ring (bicyclic) bond motifs is 1. The summed E-state index contributed by atoms with van der Waals surface area (Å²) in [6.07, 6.45) is -9.56. The number of alkyl halides is 6. The molecule has 3 N–H and O–H groups in total. The van der Waals surface area contributed by atoms with E-state index in [1.165, 1.54) is 17.5 Å². The molecule has 0 unspecified atom stereocenters. The number of aromatic nitrogens is 3. The quantitative estimate of drug-likeness (QED) is 0.269. The number of rotatable bonds is 5. The molecule has 0 fully saturated rings. The zero-order chi connectivity index (χ0) is 25.4. The number of carbonyl (C=O) groups excluding carboxylic acids is 2. The van der Waals surface area contributed by atoms with Crippen molar-refractivity contribution in [3.8, 4) is 5.75 Å². The monoisotopic (exact) mass is 551 g/mol. The minimum Gasteiger partial charge on any atom is -0.405 e. The van der Waals surface area contributed by atoms with Crippen LogP contribution in [0.5, 0.6) is 5.75 Å². The number of anilines is 2. The Bertz CT molecular complexity index is 1420. The van der Waals surface area contributed by atoms with Crippen LogP contribution < -0.4 is 15.4 Å². The first kappa shape index (κ1) is 26.7. The number of carbonyl (C=O) groups is 2. The average Bonchev–Trinajstić information content (AvgIpc) is 3.38. The van der Waals surface area contributed by atoms with Gasteiger partial charge in [0.1, 0.15) is 11.4 Å². The summed E-state index contributed by atoms with van der Waals surface area (Å²) in [7, 11) is 0. The lowest BCUT2D eigenvalue weighted by atomic mass is 10.2. The SMILES string of the molecule is Cl.O=C(Nc1nc2ccc(C(F)(F)F)cc2[nH]1)c1csc(NC(=O)c2ccccc2OC(F)(F)F)n1. The standard InChI is InChI=1S/C20H11F6N5O3S.ClH/c21-19(22,23)9-5-6-11-12(7-9)28-17(27-11)30-16(33)13-8-35-18(29-13)31-15(32)10-3-1-2-4-14(10)34-20(24,25)26;/h1-8H,(H,29,31,32)(H2,27,28,30,33);1H. The Morgan fingerprint density at radius 2 is 1.67 bits per heavy atom. The van der Waals surface area contributed by atoms with Gasteiger partial charge >= 0.3 is 12.5 Å². The second-order valence-electron chi connectivity index (χ2n) is 6.81. The summed E-state index contributed by atoms with van der Waals surface area (Å²) in [6, 6.07) is 7.51. The number of benzene rings is 2. The van der Waals surface area contributed by atoms with Gasteiger partial charge in [-0.1, -0.05) is 12.1 Å². The molecule has 0 saturated heterocycles. The van der Waals surface area contributed by atoms with Crippen LogP contribution >= 0.6 is 23.7 Å². The molecule has 0 radical (unpaired) electrons.